The number of piperidine rings is 1. The summed E-state index contributed by atoms with van der Waals surface area (Å²) < 4.78 is 0. The zero-order valence-electron chi connectivity index (χ0n) is 12.4. The molecule has 2 N–H and O–H groups in total. The third kappa shape index (κ3) is 4.94. The number of nitrogens with two attached hydrogens (primary N) is 1. The third-order valence-corrected chi connectivity index (χ3v) is 4.13. The van der Waals surface area contributed by atoms with Gasteiger partial charge in [-0.2, -0.15) is 0 Å². The molecule has 17 heavy (non-hydrogen) atoms. The second-order valence-corrected chi connectivity index (χ2v) is 6.80. The third-order valence-electron chi connectivity index (χ3n) is 4.13. The highest BCUT2D eigenvalue weighted by molar-refractivity contribution is 4.81. The van der Waals surface area contributed by atoms with Gasteiger partial charge in [0.15, 0.2) is 0 Å². The van der Waals surface area contributed by atoms with E-state index in [0.717, 1.165) is 19.0 Å². The van der Waals surface area contributed by atoms with Crippen LogP contribution < -0.4 is 5.73 Å². The lowest BCUT2D eigenvalue weighted by atomic mass is 9.85. The standard InChI is InChI=1S/C14H31N3/c1-14(2,3)13(15)8-10-17(5)12-7-6-9-16(4)11-12/h12-13H,6-11,15H2,1-5H3. The predicted octanol–water partition coefficient (Wildman–Crippen LogP) is 1.78. The van der Waals surface area contributed by atoms with Gasteiger partial charge in [0.2, 0.25) is 0 Å². The van der Waals surface area contributed by atoms with Crippen LogP contribution in [0.4, 0.5) is 0 Å². The van der Waals surface area contributed by atoms with Gasteiger partial charge in [-0.25, -0.2) is 0 Å². The summed E-state index contributed by atoms with van der Waals surface area (Å²) in [7, 11) is 4.47. The zero-order valence-corrected chi connectivity index (χ0v) is 12.4. The minimum absolute atomic E-state index is 0.226. The maximum atomic E-state index is 6.22. The Morgan fingerprint density at radius 2 is 2.06 bits per heavy atom. The van der Waals surface area contributed by atoms with E-state index in [2.05, 4.69) is 44.7 Å². The first kappa shape index (κ1) is 14.9. The van der Waals surface area contributed by atoms with Crippen LogP contribution in [0, 0.1) is 5.41 Å². The second-order valence-electron chi connectivity index (χ2n) is 6.80. The molecule has 0 aliphatic carbocycles. The molecule has 1 aliphatic heterocycles. The van der Waals surface area contributed by atoms with Gasteiger partial charge in [0.1, 0.15) is 0 Å². The number of nitrogens with zero attached hydrogens (tertiary/aromatic N) is 2. The SMILES string of the molecule is CN1CCCC(N(C)CCC(N)C(C)(C)C)C1. The molecule has 3 nitrogen and oxygen atoms in total. The van der Waals surface area contributed by atoms with Crippen LogP contribution in [-0.4, -0.2) is 55.6 Å². The Morgan fingerprint density at radius 3 is 2.59 bits per heavy atom. The average Bonchev–Trinajstić information content (AvgIpc) is 2.24. The quantitative estimate of drug-likeness (QED) is 0.814. The van der Waals surface area contributed by atoms with Crippen LogP contribution in [0.25, 0.3) is 0 Å². The summed E-state index contributed by atoms with van der Waals surface area (Å²) in [6.45, 7) is 10.3. The molecule has 2 unspecified atom stereocenters. The Balaban J connectivity index is 2.31. The van der Waals surface area contributed by atoms with Crippen LogP contribution >= 0.6 is 0 Å². The van der Waals surface area contributed by atoms with Crippen molar-refractivity contribution in [3.63, 3.8) is 0 Å². The molecule has 0 aromatic rings. The van der Waals surface area contributed by atoms with Crippen LogP contribution in [0.1, 0.15) is 40.0 Å². The molecule has 0 bridgehead atoms. The van der Waals surface area contributed by atoms with Crippen LogP contribution in [0.5, 0.6) is 0 Å². The van der Waals surface area contributed by atoms with Gasteiger partial charge in [0, 0.05) is 18.6 Å². The van der Waals surface area contributed by atoms with Crippen LogP contribution in [-0.2, 0) is 0 Å². The molecule has 0 radical (unpaired) electrons. The van der Waals surface area contributed by atoms with Crippen molar-refractivity contribution >= 4 is 0 Å². The van der Waals surface area contributed by atoms with E-state index in [1.165, 1.54) is 25.9 Å². The Hall–Kier alpha value is -0.120. The summed E-state index contributed by atoms with van der Waals surface area (Å²) in [6.07, 6.45) is 3.77. The first-order valence-corrected chi connectivity index (χ1v) is 6.95. The van der Waals surface area contributed by atoms with Crippen molar-refractivity contribution in [2.45, 2.75) is 52.1 Å². The smallest absolute Gasteiger partial charge is 0.0220 e. The Bertz CT molecular complexity index is 222. The highest BCUT2D eigenvalue weighted by Crippen LogP contribution is 2.21. The molecular formula is C14H31N3. The maximum absolute atomic E-state index is 6.22. The van der Waals surface area contributed by atoms with Gasteiger partial charge >= 0.3 is 0 Å². The van der Waals surface area contributed by atoms with Crippen molar-refractivity contribution in [3.8, 4) is 0 Å². The molecule has 1 rings (SSSR count). The molecule has 0 amide bonds. The summed E-state index contributed by atoms with van der Waals surface area (Å²) in [5.74, 6) is 0. The average molecular weight is 241 g/mol. The van der Waals surface area contributed by atoms with E-state index in [9.17, 15) is 0 Å². The molecular weight excluding hydrogens is 210 g/mol. The van der Waals surface area contributed by atoms with Gasteiger partial charge in [-0.1, -0.05) is 20.8 Å². The Morgan fingerprint density at radius 1 is 1.41 bits per heavy atom. The summed E-state index contributed by atoms with van der Waals surface area (Å²) in [5.41, 5.74) is 6.45. The monoisotopic (exact) mass is 241 g/mol. The fourth-order valence-electron chi connectivity index (χ4n) is 2.46. The number of rotatable bonds is 4. The molecule has 2 atom stereocenters. The molecule has 1 saturated heterocycles. The fourth-order valence-corrected chi connectivity index (χ4v) is 2.46. The molecule has 3 heteroatoms. The Labute approximate surface area is 107 Å². The number of likely N-dealkylation sites (N-methyl/N-ethyl adjacent to an activating group) is 2. The first-order chi connectivity index (χ1) is 7.80. The topological polar surface area (TPSA) is 32.5 Å². The van der Waals surface area contributed by atoms with Gasteiger partial charge in [0.05, 0.1) is 0 Å². The predicted molar refractivity (Wildman–Crippen MR) is 75.2 cm³/mol. The number of likely N-dealkylation sites (tertiary alicyclic amines) is 1. The summed E-state index contributed by atoms with van der Waals surface area (Å²) in [6, 6.07) is 1.02. The zero-order chi connectivity index (χ0) is 13.1. The number of hydrogen-bond donors (Lipinski definition) is 1. The minimum atomic E-state index is 0.226. The van der Waals surface area contributed by atoms with Crippen LogP contribution in [0.15, 0.2) is 0 Å². The van der Waals surface area contributed by atoms with E-state index in [1.54, 1.807) is 0 Å². The molecule has 0 aromatic heterocycles. The highest BCUT2D eigenvalue weighted by atomic mass is 15.2. The van der Waals surface area contributed by atoms with Crippen molar-refractivity contribution in [2.75, 3.05) is 33.7 Å². The molecule has 1 fully saturated rings. The van der Waals surface area contributed by atoms with Gasteiger partial charge in [-0.15, -0.1) is 0 Å². The lowest BCUT2D eigenvalue weighted by Crippen LogP contribution is -2.46. The maximum Gasteiger partial charge on any atom is 0.0220 e. The van der Waals surface area contributed by atoms with Crippen LogP contribution in [0.3, 0.4) is 0 Å². The summed E-state index contributed by atoms with van der Waals surface area (Å²) in [4.78, 5) is 4.94. The van der Waals surface area contributed by atoms with Crippen molar-refractivity contribution in [3.05, 3.63) is 0 Å². The van der Waals surface area contributed by atoms with Gasteiger partial charge < -0.3 is 15.5 Å². The molecule has 0 aromatic carbocycles. The second kappa shape index (κ2) is 6.17. The van der Waals surface area contributed by atoms with E-state index < -0.39 is 0 Å². The lowest BCUT2D eigenvalue weighted by molar-refractivity contribution is 0.126. The van der Waals surface area contributed by atoms with Crippen molar-refractivity contribution in [2.24, 2.45) is 11.1 Å². The van der Waals surface area contributed by atoms with Crippen molar-refractivity contribution in [1.82, 2.24) is 9.80 Å². The van der Waals surface area contributed by atoms with Gasteiger partial charge in [-0.05, 0) is 51.9 Å². The van der Waals surface area contributed by atoms with E-state index >= 15 is 0 Å². The largest absolute Gasteiger partial charge is 0.327 e. The molecule has 102 valence electrons. The molecule has 1 heterocycles. The van der Waals surface area contributed by atoms with E-state index in [1.807, 2.05) is 0 Å². The van der Waals surface area contributed by atoms with E-state index in [4.69, 9.17) is 5.73 Å². The molecule has 1 aliphatic rings. The van der Waals surface area contributed by atoms with Crippen molar-refractivity contribution in [1.29, 1.82) is 0 Å². The minimum Gasteiger partial charge on any atom is -0.327 e. The van der Waals surface area contributed by atoms with E-state index in [0.29, 0.717) is 6.04 Å². The molecule has 0 saturated carbocycles. The summed E-state index contributed by atoms with van der Waals surface area (Å²) in [5, 5.41) is 0. The van der Waals surface area contributed by atoms with Crippen molar-refractivity contribution < 1.29 is 0 Å². The normalized spacial score (nSPS) is 25.2. The number of hydrogen-bond acceptors (Lipinski definition) is 3. The summed E-state index contributed by atoms with van der Waals surface area (Å²) >= 11 is 0. The fraction of sp³-hybridized carbons (Fsp3) is 1.00. The van der Waals surface area contributed by atoms with Gasteiger partial charge in [-0.3, -0.25) is 0 Å². The van der Waals surface area contributed by atoms with Gasteiger partial charge in [0.25, 0.3) is 0 Å². The molecule has 0 spiro atoms. The first-order valence-electron chi connectivity index (χ1n) is 6.95. The highest BCUT2D eigenvalue weighted by Gasteiger charge is 2.24. The van der Waals surface area contributed by atoms with E-state index in [-0.39, 0.29) is 5.41 Å². The Kier molecular flexibility index (Phi) is 5.42. The lowest BCUT2D eigenvalue weighted by Gasteiger charge is -2.37. The van der Waals surface area contributed by atoms with Crippen LogP contribution in [0.2, 0.25) is 0 Å².